The normalized spacial score (nSPS) is 11.2. The Morgan fingerprint density at radius 3 is 2.39 bits per heavy atom. The van der Waals surface area contributed by atoms with Gasteiger partial charge in [-0.25, -0.2) is 29.2 Å². The molecule has 11 heteroatoms. The van der Waals surface area contributed by atoms with E-state index >= 15 is 0 Å². The Bertz CT molecular complexity index is 1190. The van der Waals surface area contributed by atoms with Gasteiger partial charge in [-0.15, -0.1) is 0 Å². The van der Waals surface area contributed by atoms with Crippen molar-refractivity contribution < 1.29 is 13.2 Å². The number of anilines is 1. The van der Waals surface area contributed by atoms with Gasteiger partial charge in [0.1, 0.15) is 11.6 Å². The van der Waals surface area contributed by atoms with Gasteiger partial charge in [-0.05, 0) is 29.8 Å². The smallest absolute Gasteiger partial charge is 0.307 e. The van der Waals surface area contributed by atoms with Crippen LogP contribution in [0.5, 0.6) is 0 Å². The first-order chi connectivity index (χ1) is 14.8. The molecular weight excluding hydrogens is 440 g/mol. The van der Waals surface area contributed by atoms with Gasteiger partial charge in [0.05, 0.1) is 0 Å². The molecule has 0 aliphatic rings. The SMILES string of the molecule is CCc1nc(Cc2ccc(NC(=O)NS(=O)(=O)NC)cc2)nc(-c2cccc(Cl)c2)n1. The van der Waals surface area contributed by atoms with Crippen LogP contribution in [0, 0.1) is 0 Å². The van der Waals surface area contributed by atoms with Gasteiger partial charge < -0.3 is 5.32 Å². The zero-order valence-corrected chi connectivity index (χ0v) is 18.5. The molecule has 0 saturated carbocycles. The third-order valence-corrected chi connectivity index (χ3v) is 5.42. The van der Waals surface area contributed by atoms with Crippen molar-refractivity contribution in [2.45, 2.75) is 19.8 Å². The van der Waals surface area contributed by atoms with Crippen LogP contribution in [0.4, 0.5) is 10.5 Å². The summed E-state index contributed by atoms with van der Waals surface area (Å²) in [6.07, 6.45) is 1.13. The number of rotatable bonds is 7. The van der Waals surface area contributed by atoms with Crippen molar-refractivity contribution in [1.29, 1.82) is 0 Å². The number of benzene rings is 2. The van der Waals surface area contributed by atoms with Crippen LogP contribution in [0.3, 0.4) is 0 Å². The molecule has 3 N–H and O–H groups in total. The molecule has 0 atom stereocenters. The monoisotopic (exact) mass is 460 g/mol. The van der Waals surface area contributed by atoms with Crippen molar-refractivity contribution in [3.05, 3.63) is 70.8 Å². The molecule has 0 spiro atoms. The summed E-state index contributed by atoms with van der Waals surface area (Å²) >= 11 is 6.09. The number of nitrogens with zero attached hydrogens (tertiary/aromatic N) is 3. The lowest BCUT2D eigenvalue weighted by atomic mass is 10.1. The number of aromatic nitrogens is 3. The van der Waals surface area contributed by atoms with Crippen LogP contribution in [-0.2, 0) is 23.1 Å². The minimum atomic E-state index is -3.87. The maximum atomic E-state index is 11.8. The first kappa shape index (κ1) is 22.6. The molecule has 3 aromatic rings. The van der Waals surface area contributed by atoms with Crippen LogP contribution < -0.4 is 14.8 Å². The van der Waals surface area contributed by atoms with E-state index in [0.29, 0.717) is 41.0 Å². The lowest BCUT2D eigenvalue weighted by molar-refractivity contribution is 0.256. The van der Waals surface area contributed by atoms with Gasteiger partial charge >= 0.3 is 16.2 Å². The number of hydrogen-bond donors (Lipinski definition) is 3. The molecule has 0 bridgehead atoms. The van der Waals surface area contributed by atoms with Crippen LogP contribution in [-0.4, -0.2) is 36.4 Å². The molecule has 0 aliphatic carbocycles. The fourth-order valence-electron chi connectivity index (χ4n) is 2.68. The molecule has 0 fully saturated rings. The van der Waals surface area contributed by atoms with Gasteiger partial charge in [0, 0.05) is 36.2 Å². The molecule has 1 aromatic heterocycles. The molecule has 162 valence electrons. The van der Waals surface area contributed by atoms with Crippen molar-refractivity contribution in [2.24, 2.45) is 0 Å². The van der Waals surface area contributed by atoms with Gasteiger partial charge in [-0.2, -0.15) is 8.42 Å². The van der Waals surface area contributed by atoms with Crippen molar-refractivity contribution in [3.63, 3.8) is 0 Å². The lowest BCUT2D eigenvalue weighted by Crippen LogP contribution is -2.40. The molecule has 0 unspecified atom stereocenters. The molecular formula is C20H21ClN6O3S. The highest BCUT2D eigenvalue weighted by Gasteiger charge is 2.12. The number of aryl methyl sites for hydroxylation is 1. The van der Waals surface area contributed by atoms with Gasteiger partial charge in [0.2, 0.25) is 0 Å². The molecule has 9 nitrogen and oxygen atoms in total. The maximum Gasteiger partial charge on any atom is 0.333 e. The van der Waals surface area contributed by atoms with E-state index in [9.17, 15) is 13.2 Å². The molecule has 1 heterocycles. The minimum absolute atomic E-state index is 0.442. The summed E-state index contributed by atoms with van der Waals surface area (Å²) in [5, 5.41) is 3.06. The number of nitrogens with one attached hydrogen (secondary N) is 3. The maximum absolute atomic E-state index is 11.8. The van der Waals surface area contributed by atoms with Gasteiger partial charge in [0.25, 0.3) is 0 Å². The van der Waals surface area contributed by atoms with Gasteiger partial charge in [-0.3, -0.25) is 0 Å². The first-order valence-corrected chi connectivity index (χ1v) is 11.2. The fraction of sp³-hybridized carbons (Fsp3) is 0.200. The summed E-state index contributed by atoms with van der Waals surface area (Å²) in [7, 11) is -2.67. The third-order valence-electron chi connectivity index (χ3n) is 4.20. The lowest BCUT2D eigenvalue weighted by Gasteiger charge is -2.09. The largest absolute Gasteiger partial charge is 0.333 e. The number of halogens is 1. The van der Waals surface area contributed by atoms with Crippen molar-refractivity contribution in [2.75, 3.05) is 12.4 Å². The second-order valence-electron chi connectivity index (χ2n) is 6.49. The molecule has 0 aliphatic heterocycles. The molecule has 2 amide bonds. The Hall–Kier alpha value is -3.08. The Balaban J connectivity index is 1.75. The predicted octanol–water partition coefficient (Wildman–Crippen LogP) is 2.93. The van der Waals surface area contributed by atoms with Gasteiger partial charge in [0.15, 0.2) is 5.82 Å². The van der Waals surface area contributed by atoms with Crippen LogP contribution in [0.1, 0.15) is 24.1 Å². The highest BCUT2D eigenvalue weighted by Crippen LogP contribution is 2.20. The van der Waals surface area contributed by atoms with E-state index in [2.05, 4.69) is 20.3 Å². The van der Waals surface area contributed by atoms with E-state index in [1.54, 1.807) is 36.4 Å². The highest BCUT2D eigenvalue weighted by atomic mass is 35.5. The highest BCUT2D eigenvalue weighted by molar-refractivity contribution is 7.88. The van der Waals surface area contributed by atoms with E-state index in [1.165, 1.54) is 7.05 Å². The Kier molecular flexibility index (Phi) is 7.16. The van der Waals surface area contributed by atoms with E-state index in [-0.39, 0.29) is 0 Å². The first-order valence-electron chi connectivity index (χ1n) is 9.39. The number of carbonyl (C=O) groups excluding carboxylic acids is 1. The summed E-state index contributed by atoms with van der Waals surface area (Å²) in [6.45, 7) is 1.97. The quantitative estimate of drug-likeness (QED) is 0.497. The molecule has 0 saturated heterocycles. The van der Waals surface area contributed by atoms with E-state index in [4.69, 9.17) is 11.6 Å². The third kappa shape index (κ3) is 6.45. The van der Waals surface area contributed by atoms with Crippen LogP contribution in [0.25, 0.3) is 11.4 Å². The number of urea groups is 1. The average Bonchev–Trinajstić information content (AvgIpc) is 2.74. The van der Waals surface area contributed by atoms with Crippen molar-refractivity contribution >= 4 is 33.5 Å². The molecule has 31 heavy (non-hydrogen) atoms. The van der Waals surface area contributed by atoms with Crippen LogP contribution in [0.15, 0.2) is 48.5 Å². The van der Waals surface area contributed by atoms with Crippen molar-refractivity contribution in [1.82, 2.24) is 24.4 Å². The van der Waals surface area contributed by atoms with Crippen molar-refractivity contribution in [3.8, 4) is 11.4 Å². The second kappa shape index (κ2) is 9.82. The van der Waals surface area contributed by atoms with E-state index < -0.39 is 16.2 Å². The topological polar surface area (TPSA) is 126 Å². The second-order valence-corrected chi connectivity index (χ2v) is 8.55. The molecule has 0 radical (unpaired) electrons. The zero-order chi connectivity index (χ0) is 22.4. The molecule has 2 aromatic carbocycles. The summed E-state index contributed by atoms with van der Waals surface area (Å²) in [5.41, 5.74) is 2.17. The van der Waals surface area contributed by atoms with Crippen LogP contribution in [0.2, 0.25) is 5.02 Å². The summed E-state index contributed by atoms with van der Waals surface area (Å²) in [6, 6.07) is 13.4. The number of carbonyl (C=O) groups is 1. The Morgan fingerprint density at radius 1 is 1.03 bits per heavy atom. The zero-order valence-electron chi connectivity index (χ0n) is 16.9. The number of amides is 2. The number of hydrogen-bond acceptors (Lipinski definition) is 6. The van der Waals surface area contributed by atoms with E-state index in [0.717, 1.165) is 11.1 Å². The summed E-state index contributed by atoms with van der Waals surface area (Å²) < 4.78 is 26.5. The predicted molar refractivity (Wildman–Crippen MR) is 119 cm³/mol. The molecule has 3 rings (SSSR count). The van der Waals surface area contributed by atoms with E-state index in [1.807, 2.05) is 28.5 Å². The summed E-state index contributed by atoms with van der Waals surface area (Å²) in [5.74, 6) is 1.85. The van der Waals surface area contributed by atoms with Gasteiger partial charge in [-0.1, -0.05) is 42.8 Å². The Labute approximate surface area is 185 Å². The Morgan fingerprint density at radius 2 is 1.74 bits per heavy atom. The minimum Gasteiger partial charge on any atom is -0.307 e. The van der Waals surface area contributed by atoms with Crippen LogP contribution >= 0.6 is 11.6 Å². The standard InChI is InChI=1S/C20H21ClN6O3S/c1-3-17-24-18(26-19(25-17)14-5-4-6-15(21)12-14)11-13-7-9-16(10-8-13)23-20(28)27-31(29,30)22-2/h4-10,12,22H,3,11H2,1-2H3,(H2,23,27,28). The summed E-state index contributed by atoms with van der Waals surface area (Å²) in [4.78, 5) is 25.3. The average molecular weight is 461 g/mol. The fourth-order valence-corrected chi connectivity index (χ4v) is 3.27.